The number of unbranched alkanes of at least 4 members (excludes halogenated alkanes) is 17. The molecular formula is C49H96O. The predicted octanol–water partition coefficient (Wildman–Crippen LogP) is 17.7. The van der Waals surface area contributed by atoms with Gasteiger partial charge in [0, 0.05) is 12.3 Å². The third-order valence-electron chi connectivity index (χ3n) is 12.1. The quantitative estimate of drug-likeness (QED) is 0.0458. The molecule has 1 heteroatoms. The van der Waals surface area contributed by atoms with Crippen LogP contribution in [-0.4, -0.2) is 5.78 Å². The summed E-state index contributed by atoms with van der Waals surface area (Å²) in [5, 5.41) is 0. The summed E-state index contributed by atoms with van der Waals surface area (Å²) < 4.78 is 0. The van der Waals surface area contributed by atoms with E-state index in [0.717, 1.165) is 49.9 Å². The Labute approximate surface area is 318 Å². The molecular weight excluding hydrogens is 605 g/mol. The minimum atomic E-state index is 0.208. The molecule has 50 heavy (non-hydrogen) atoms. The molecule has 0 rings (SSSR count). The summed E-state index contributed by atoms with van der Waals surface area (Å²) in [7, 11) is 0. The maximum atomic E-state index is 14.1. The molecule has 4 atom stereocenters. The summed E-state index contributed by atoms with van der Waals surface area (Å²) >= 11 is 0. The molecule has 4 unspecified atom stereocenters. The van der Waals surface area contributed by atoms with Crippen molar-refractivity contribution in [3.05, 3.63) is 12.2 Å². The fourth-order valence-corrected chi connectivity index (χ4v) is 8.57. The Morgan fingerprint density at radius 3 is 1.16 bits per heavy atom. The fourth-order valence-electron chi connectivity index (χ4n) is 8.57. The van der Waals surface area contributed by atoms with Crippen LogP contribution in [0.4, 0.5) is 0 Å². The van der Waals surface area contributed by atoms with Gasteiger partial charge in [-0.3, -0.25) is 4.79 Å². The third-order valence-corrected chi connectivity index (χ3v) is 12.1. The first-order valence-corrected chi connectivity index (χ1v) is 23.6. The van der Waals surface area contributed by atoms with E-state index in [1.165, 1.54) is 205 Å². The summed E-state index contributed by atoms with van der Waals surface area (Å²) in [4.78, 5) is 14.1. The zero-order chi connectivity index (χ0) is 36.9. The van der Waals surface area contributed by atoms with E-state index >= 15 is 0 Å². The van der Waals surface area contributed by atoms with Crippen LogP contribution in [0.3, 0.4) is 0 Å². The van der Waals surface area contributed by atoms with Crippen molar-refractivity contribution in [1.29, 1.82) is 0 Å². The maximum Gasteiger partial charge on any atom is 0.136 e. The molecule has 0 radical (unpaired) electrons. The minimum Gasteiger partial charge on any atom is -0.299 e. The maximum absolute atomic E-state index is 14.1. The van der Waals surface area contributed by atoms with Gasteiger partial charge in [0.05, 0.1) is 0 Å². The van der Waals surface area contributed by atoms with Crippen molar-refractivity contribution in [3.8, 4) is 0 Å². The molecule has 0 aliphatic carbocycles. The van der Waals surface area contributed by atoms with E-state index in [1.54, 1.807) is 0 Å². The first-order chi connectivity index (χ1) is 24.4. The van der Waals surface area contributed by atoms with Crippen molar-refractivity contribution in [2.45, 2.75) is 273 Å². The van der Waals surface area contributed by atoms with Gasteiger partial charge >= 0.3 is 0 Å². The van der Waals surface area contributed by atoms with Crippen molar-refractivity contribution in [1.82, 2.24) is 0 Å². The molecule has 0 aliphatic rings. The normalized spacial score (nSPS) is 14.1. The summed E-state index contributed by atoms with van der Waals surface area (Å²) in [6, 6.07) is 0. The summed E-state index contributed by atoms with van der Waals surface area (Å²) in [6.45, 7) is 18.6. The number of allylic oxidation sites excluding steroid dienone is 1. The zero-order valence-corrected chi connectivity index (χ0v) is 35.9. The average molecular weight is 701 g/mol. The number of Topliss-reactive ketones (excluding diaryl/α,β-unsaturated/α-hetero) is 1. The van der Waals surface area contributed by atoms with E-state index in [-0.39, 0.29) is 5.92 Å². The predicted molar refractivity (Wildman–Crippen MR) is 228 cm³/mol. The van der Waals surface area contributed by atoms with Crippen molar-refractivity contribution in [2.75, 3.05) is 0 Å². The summed E-state index contributed by atoms with van der Waals surface area (Å²) in [5.41, 5.74) is 1.38. The zero-order valence-electron chi connectivity index (χ0n) is 35.9. The second kappa shape index (κ2) is 38.1. The van der Waals surface area contributed by atoms with Gasteiger partial charge < -0.3 is 0 Å². The van der Waals surface area contributed by atoms with E-state index in [0.29, 0.717) is 5.78 Å². The number of rotatable bonds is 41. The number of hydrogen-bond acceptors (Lipinski definition) is 1. The topological polar surface area (TPSA) is 17.1 Å². The second-order valence-corrected chi connectivity index (χ2v) is 17.1. The van der Waals surface area contributed by atoms with Crippen LogP contribution in [-0.2, 0) is 4.79 Å². The number of carbonyl (C=O) groups excluding carboxylic acids is 1. The SMILES string of the molecule is C=C(CCC(CCCCCC)CCCCCCCC)CC(CCC(CCC)CCCC)C(=O)CCC(CCCCCC)CCCCCCCC. The molecule has 0 saturated heterocycles. The first kappa shape index (κ1) is 49.4. The summed E-state index contributed by atoms with van der Waals surface area (Å²) in [5.74, 6) is 3.19. The highest BCUT2D eigenvalue weighted by molar-refractivity contribution is 5.81. The van der Waals surface area contributed by atoms with Gasteiger partial charge in [0.15, 0.2) is 0 Å². The Balaban J connectivity index is 5.40. The van der Waals surface area contributed by atoms with Crippen molar-refractivity contribution in [2.24, 2.45) is 23.7 Å². The monoisotopic (exact) mass is 701 g/mol. The highest BCUT2D eigenvalue weighted by atomic mass is 16.1. The van der Waals surface area contributed by atoms with Crippen LogP contribution in [0.25, 0.3) is 0 Å². The Morgan fingerprint density at radius 2 is 0.720 bits per heavy atom. The molecule has 0 fully saturated rings. The second-order valence-electron chi connectivity index (χ2n) is 17.1. The van der Waals surface area contributed by atoms with Gasteiger partial charge in [-0.2, -0.15) is 0 Å². The Morgan fingerprint density at radius 1 is 0.360 bits per heavy atom. The van der Waals surface area contributed by atoms with Gasteiger partial charge in [-0.25, -0.2) is 0 Å². The molecule has 0 spiro atoms. The Kier molecular flexibility index (Phi) is 37.7. The lowest BCUT2D eigenvalue weighted by atomic mass is 9.81. The van der Waals surface area contributed by atoms with E-state index in [2.05, 4.69) is 48.1 Å². The largest absolute Gasteiger partial charge is 0.299 e. The lowest BCUT2D eigenvalue weighted by Gasteiger charge is -2.24. The van der Waals surface area contributed by atoms with Crippen LogP contribution >= 0.6 is 0 Å². The van der Waals surface area contributed by atoms with E-state index < -0.39 is 0 Å². The van der Waals surface area contributed by atoms with Crippen LogP contribution in [0.2, 0.25) is 0 Å². The van der Waals surface area contributed by atoms with Gasteiger partial charge in [-0.1, -0.05) is 240 Å². The highest BCUT2D eigenvalue weighted by Gasteiger charge is 2.23. The molecule has 0 aliphatic heterocycles. The first-order valence-electron chi connectivity index (χ1n) is 23.6. The number of carbonyl (C=O) groups is 1. The average Bonchev–Trinajstić information content (AvgIpc) is 3.12. The van der Waals surface area contributed by atoms with Gasteiger partial charge in [0.2, 0.25) is 0 Å². The molecule has 0 amide bonds. The molecule has 0 heterocycles. The molecule has 1 nitrogen and oxygen atoms in total. The molecule has 0 bridgehead atoms. The smallest absolute Gasteiger partial charge is 0.136 e. The van der Waals surface area contributed by atoms with Crippen LogP contribution in [0, 0.1) is 23.7 Å². The van der Waals surface area contributed by atoms with E-state index in [1.807, 2.05) is 0 Å². The highest BCUT2D eigenvalue weighted by Crippen LogP contribution is 2.32. The number of hydrogen-bond donors (Lipinski definition) is 0. The fraction of sp³-hybridized carbons (Fsp3) is 0.939. The van der Waals surface area contributed by atoms with Gasteiger partial charge in [0.25, 0.3) is 0 Å². The molecule has 0 saturated carbocycles. The van der Waals surface area contributed by atoms with Gasteiger partial charge in [0.1, 0.15) is 5.78 Å². The Hall–Kier alpha value is -0.590. The van der Waals surface area contributed by atoms with Crippen molar-refractivity contribution >= 4 is 5.78 Å². The molecule has 0 aromatic rings. The van der Waals surface area contributed by atoms with E-state index in [9.17, 15) is 4.79 Å². The van der Waals surface area contributed by atoms with Crippen LogP contribution < -0.4 is 0 Å². The lowest BCUT2D eigenvalue weighted by Crippen LogP contribution is -2.18. The summed E-state index contributed by atoms with van der Waals surface area (Å²) in [6.07, 6.45) is 47.3. The molecule has 0 aromatic heterocycles. The van der Waals surface area contributed by atoms with Crippen LogP contribution in [0.15, 0.2) is 12.2 Å². The van der Waals surface area contributed by atoms with Gasteiger partial charge in [-0.05, 0) is 56.3 Å². The van der Waals surface area contributed by atoms with Crippen molar-refractivity contribution in [3.63, 3.8) is 0 Å². The van der Waals surface area contributed by atoms with Gasteiger partial charge in [-0.15, -0.1) is 0 Å². The standard InChI is InChI=1S/C49H96O/c1-8-14-19-23-25-29-35-46(33-27-21-16-10-3)38-37-44(7)43-48(41-39-45(31-13-6)32-18-12-5)49(50)42-40-47(34-28-22-17-11-4)36-30-26-24-20-15-9-2/h45-48H,7-43H2,1-6H3. The molecule has 0 N–H and O–H groups in total. The van der Waals surface area contributed by atoms with Crippen LogP contribution in [0.5, 0.6) is 0 Å². The lowest BCUT2D eigenvalue weighted by molar-refractivity contribution is -0.123. The van der Waals surface area contributed by atoms with Crippen LogP contribution in [0.1, 0.15) is 273 Å². The molecule has 298 valence electrons. The van der Waals surface area contributed by atoms with Crippen molar-refractivity contribution < 1.29 is 4.79 Å². The molecule has 0 aromatic carbocycles. The number of ketones is 1. The minimum absolute atomic E-state index is 0.208. The third kappa shape index (κ3) is 31.0. The Bertz CT molecular complexity index is 708. The van der Waals surface area contributed by atoms with E-state index in [4.69, 9.17) is 0 Å².